The van der Waals surface area contributed by atoms with Crippen molar-refractivity contribution in [2.75, 3.05) is 13.1 Å². The molecule has 0 fully saturated rings. The summed E-state index contributed by atoms with van der Waals surface area (Å²) in [5.74, 6) is -0.214. The van der Waals surface area contributed by atoms with E-state index in [1.54, 1.807) is 17.4 Å². The van der Waals surface area contributed by atoms with E-state index >= 15 is 0 Å². The summed E-state index contributed by atoms with van der Waals surface area (Å²) in [6.45, 7) is 1.26. The summed E-state index contributed by atoms with van der Waals surface area (Å²) in [7, 11) is 0. The van der Waals surface area contributed by atoms with E-state index < -0.39 is 0 Å². The Balaban J connectivity index is 1.83. The van der Waals surface area contributed by atoms with Crippen molar-refractivity contribution in [2.45, 2.75) is 19.4 Å². The van der Waals surface area contributed by atoms with E-state index in [2.05, 4.69) is 0 Å². The van der Waals surface area contributed by atoms with Gasteiger partial charge in [0.25, 0.3) is 0 Å². The third kappa shape index (κ3) is 5.66. The molecule has 0 aliphatic rings. The van der Waals surface area contributed by atoms with Crippen LogP contribution < -0.4 is 0 Å². The second-order valence-electron chi connectivity index (χ2n) is 6.57. The van der Waals surface area contributed by atoms with E-state index in [0.717, 1.165) is 21.7 Å². The molecule has 1 amide bonds. The minimum absolute atomic E-state index is 0.214. The smallest absolute Gasteiger partial charge is 0.246 e. The quantitative estimate of drug-likeness (QED) is 0.487. The van der Waals surface area contributed by atoms with Gasteiger partial charge >= 0.3 is 0 Å². The van der Waals surface area contributed by atoms with Crippen LogP contribution in [0.5, 0.6) is 0 Å². The molecule has 3 aromatic rings. The highest BCUT2D eigenvalue weighted by atomic mass is 32.1. The van der Waals surface area contributed by atoms with Gasteiger partial charge in [0.15, 0.2) is 0 Å². The molecule has 150 valence electrons. The normalized spacial score (nSPS) is 10.6. The minimum atomic E-state index is -0.214. The maximum absolute atomic E-state index is 12.6. The number of nitrogens with zero attached hydrogens (tertiary/aromatic N) is 5. The third-order valence-corrected chi connectivity index (χ3v) is 5.31. The van der Waals surface area contributed by atoms with Crippen LogP contribution in [-0.2, 0) is 11.3 Å². The van der Waals surface area contributed by atoms with Gasteiger partial charge in [-0.15, -0.1) is 11.3 Å². The van der Waals surface area contributed by atoms with Crippen molar-refractivity contribution < 1.29 is 4.79 Å². The van der Waals surface area contributed by atoms with Crippen LogP contribution in [0.15, 0.2) is 60.1 Å². The van der Waals surface area contributed by atoms with E-state index in [9.17, 15) is 4.79 Å². The Kier molecular flexibility index (Phi) is 7.54. The molecule has 3 rings (SSSR count). The number of benzene rings is 1. The predicted molar refractivity (Wildman–Crippen MR) is 117 cm³/mol. The summed E-state index contributed by atoms with van der Waals surface area (Å²) < 4.78 is 1.87. The fraction of sp³-hybridized carbons (Fsp3) is 0.217. The predicted octanol–water partition coefficient (Wildman–Crippen LogP) is 4.33. The molecular formula is C23H21N5OS. The first-order chi connectivity index (χ1) is 14.7. The molecular weight excluding hydrogens is 394 g/mol. The zero-order valence-corrected chi connectivity index (χ0v) is 17.3. The van der Waals surface area contributed by atoms with E-state index in [4.69, 9.17) is 15.6 Å². The maximum Gasteiger partial charge on any atom is 0.246 e. The number of carbonyl (C=O) groups is 1. The molecule has 0 atom stereocenters. The Bertz CT molecular complexity index is 1050. The summed E-state index contributed by atoms with van der Waals surface area (Å²) in [4.78, 5) is 15.2. The highest BCUT2D eigenvalue weighted by Gasteiger charge is 2.13. The lowest BCUT2D eigenvalue weighted by molar-refractivity contribution is -0.125. The first-order valence-electron chi connectivity index (χ1n) is 9.57. The molecule has 0 spiro atoms. The first-order valence-corrected chi connectivity index (χ1v) is 10.5. The summed E-state index contributed by atoms with van der Waals surface area (Å²) >= 11 is 1.60. The Morgan fingerprint density at radius 3 is 2.47 bits per heavy atom. The summed E-state index contributed by atoms with van der Waals surface area (Å²) in [6.07, 6.45) is 5.66. The number of hydrogen-bond acceptors (Lipinski definition) is 5. The SMILES string of the molecule is N#CCCN(CCC#N)C(=O)/C=C/c1cn(Cc2ccccc2)nc1-c1cccs1. The lowest BCUT2D eigenvalue weighted by atomic mass is 10.2. The first kappa shape index (κ1) is 21.0. The van der Waals surface area contributed by atoms with Crippen LogP contribution in [0, 0.1) is 22.7 Å². The van der Waals surface area contributed by atoms with Gasteiger partial charge in [-0.05, 0) is 23.1 Å². The van der Waals surface area contributed by atoms with Gasteiger partial charge in [-0.1, -0.05) is 36.4 Å². The minimum Gasteiger partial charge on any atom is -0.337 e. The third-order valence-electron chi connectivity index (χ3n) is 4.44. The van der Waals surface area contributed by atoms with Gasteiger partial charge in [-0.25, -0.2) is 0 Å². The van der Waals surface area contributed by atoms with Gasteiger partial charge in [0.1, 0.15) is 5.69 Å². The highest BCUT2D eigenvalue weighted by Crippen LogP contribution is 2.28. The Morgan fingerprint density at radius 1 is 1.10 bits per heavy atom. The fourth-order valence-electron chi connectivity index (χ4n) is 2.98. The van der Waals surface area contributed by atoms with Crippen LogP contribution in [0.4, 0.5) is 0 Å². The molecule has 0 aliphatic heterocycles. The second-order valence-corrected chi connectivity index (χ2v) is 7.52. The van der Waals surface area contributed by atoms with Crippen molar-refractivity contribution >= 4 is 23.3 Å². The molecule has 0 bridgehead atoms. The molecule has 0 saturated heterocycles. The lowest BCUT2D eigenvalue weighted by Gasteiger charge is -2.18. The molecule has 30 heavy (non-hydrogen) atoms. The zero-order valence-electron chi connectivity index (χ0n) is 16.4. The summed E-state index contributed by atoms with van der Waals surface area (Å²) in [5, 5.41) is 24.4. The Hall–Kier alpha value is -3.68. The van der Waals surface area contributed by atoms with Crippen molar-refractivity contribution in [2.24, 2.45) is 0 Å². The molecule has 1 aromatic carbocycles. The van der Waals surface area contributed by atoms with Gasteiger partial charge in [0.05, 0.1) is 36.4 Å². The van der Waals surface area contributed by atoms with Crippen LogP contribution >= 0.6 is 11.3 Å². The number of rotatable bonds is 9. The number of carbonyl (C=O) groups excluding carboxylic acids is 1. The molecule has 6 nitrogen and oxygen atoms in total. The van der Waals surface area contributed by atoms with Gasteiger partial charge in [-0.3, -0.25) is 9.48 Å². The average Bonchev–Trinajstić information content (AvgIpc) is 3.43. The molecule has 0 aliphatic carbocycles. The van der Waals surface area contributed by atoms with Crippen LogP contribution in [0.3, 0.4) is 0 Å². The number of aromatic nitrogens is 2. The highest BCUT2D eigenvalue weighted by molar-refractivity contribution is 7.13. The topological polar surface area (TPSA) is 85.7 Å². The average molecular weight is 416 g/mol. The van der Waals surface area contributed by atoms with Crippen molar-refractivity contribution in [3.05, 3.63) is 71.2 Å². The number of thiophene rings is 1. The van der Waals surface area contributed by atoms with Crippen LogP contribution in [-0.4, -0.2) is 33.7 Å². The van der Waals surface area contributed by atoms with E-state index in [1.165, 1.54) is 11.0 Å². The van der Waals surface area contributed by atoms with Crippen molar-refractivity contribution in [3.63, 3.8) is 0 Å². The second kappa shape index (κ2) is 10.8. The van der Waals surface area contributed by atoms with Crippen LogP contribution in [0.25, 0.3) is 16.6 Å². The molecule has 0 unspecified atom stereocenters. The monoisotopic (exact) mass is 415 g/mol. The molecule has 2 heterocycles. The van der Waals surface area contributed by atoms with Gasteiger partial charge in [0.2, 0.25) is 5.91 Å². The van der Waals surface area contributed by atoms with Crippen LogP contribution in [0.1, 0.15) is 24.0 Å². The molecule has 0 radical (unpaired) electrons. The van der Waals surface area contributed by atoms with Crippen molar-refractivity contribution in [1.82, 2.24) is 14.7 Å². The lowest BCUT2D eigenvalue weighted by Crippen LogP contribution is -2.31. The number of amides is 1. The molecule has 0 N–H and O–H groups in total. The largest absolute Gasteiger partial charge is 0.337 e. The van der Waals surface area contributed by atoms with Gasteiger partial charge in [0, 0.05) is 30.9 Å². The summed E-state index contributed by atoms with van der Waals surface area (Å²) in [5.41, 5.74) is 2.82. The van der Waals surface area contributed by atoms with Gasteiger partial charge < -0.3 is 4.90 Å². The molecule has 0 saturated carbocycles. The zero-order chi connectivity index (χ0) is 21.2. The van der Waals surface area contributed by atoms with Gasteiger partial charge in [-0.2, -0.15) is 15.6 Å². The maximum atomic E-state index is 12.6. The molecule has 2 aromatic heterocycles. The Morgan fingerprint density at radius 2 is 1.83 bits per heavy atom. The van der Waals surface area contributed by atoms with Crippen molar-refractivity contribution in [3.8, 4) is 22.7 Å². The van der Waals surface area contributed by atoms with E-state index in [0.29, 0.717) is 19.6 Å². The van der Waals surface area contributed by atoms with Crippen LogP contribution in [0.2, 0.25) is 0 Å². The number of hydrogen-bond donors (Lipinski definition) is 0. The fourth-order valence-corrected chi connectivity index (χ4v) is 3.71. The molecule has 7 heteroatoms. The summed E-state index contributed by atoms with van der Waals surface area (Å²) in [6, 6.07) is 18.1. The van der Waals surface area contributed by atoms with E-state index in [-0.39, 0.29) is 18.7 Å². The van der Waals surface area contributed by atoms with E-state index in [1.807, 2.05) is 70.9 Å². The Labute approximate surface area is 179 Å². The standard InChI is InChI=1S/C23H21N5OS/c24-12-5-14-27(15-6-13-25)22(29)11-10-20-18-28(17-19-7-2-1-3-8-19)26-23(20)21-9-4-16-30-21/h1-4,7-11,16,18H,5-6,14-15,17H2/b11-10+. The van der Waals surface area contributed by atoms with Crippen molar-refractivity contribution in [1.29, 1.82) is 10.5 Å². The number of nitriles is 2.